The number of hydrogen-bond acceptors (Lipinski definition) is 32. The first kappa shape index (κ1) is 105. The number of anilines is 3. The number of carbonyl (C=O) groups excluding carboxylic acids is 9. The molecule has 3 aromatic carbocycles. The fourth-order valence-corrected chi connectivity index (χ4v) is 23.9. The van der Waals surface area contributed by atoms with Gasteiger partial charge in [0.15, 0.2) is 34.3 Å². The number of carboxylic acid groups (broad SMARTS) is 5. The Kier molecular flexibility index (Phi) is 34.9. The van der Waals surface area contributed by atoms with Crippen molar-refractivity contribution < 1.29 is 122 Å². The van der Waals surface area contributed by atoms with E-state index in [-0.39, 0.29) is 97.4 Å². The molecule has 5 aliphatic heterocycles. The minimum absolute atomic E-state index is 0.00273. The maximum atomic E-state index is 15.5. The van der Waals surface area contributed by atoms with Crippen molar-refractivity contribution >= 4 is 139 Å². The second-order valence-corrected chi connectivity index (χ2v) is 39.2. The highest BCUT2D eigenvalue weighted by molar-refractivity contribution is 8.76. The number of H-pyrrole nitrogens is 1. The first-order valence-electron chi connectivity index (χ1n) is 45.7. The number of amides is 5. The number of benzene rings is 3. The number of nitrogens with zero attached hydrogens (tertiary/aromatic N) is 7. The molecule has 2 bridgehead atoms. The molecule has 5 aromatic rings. The van der Waals surface area contributed by atoms with Gasteiger partial charge in [-0.25, -0.2) is 25.0 Å². The van der Waals surface area contributed by atoms with Crippen LogP contribution in [-0.4, -0.2) is 286 Å². The molecule has 137 heavy (non-hydrogen) atoms. The van der Waals surface area contributed by atoms with Gasteiger partial charge in [-0.1, -0.05) is 73.5 Å². The summed E-state index contributed by atoms with van der Waals surface area (Å²) in [6.45, 7) is 10.6. The van der Waals surface area contributed by atoms with Crippen molar-refractivity contribution in [3.63, 3.8) is 0 Å². The van der Waals surface area contributed by atoms with Gasteiger partial charge in [-0.2, -0.15) is 4.98 Å². The summed E-state index contributed by atoms with van der Waals surface area (Å²) < 4.78 is 17.8. The minimum Gasteiger partial charge on any atom is -0.496 e. The zero-order valence-electron chi connectivity index (χ0n) is 77.4. The quantitative estimate of drug-likeness (QED) is 0.00666. The van der Waals surface area contributed by atoms with E-state index in [4.69, 9.17) is 36.5 Å². The number of fused-ring (bicyclic) bond motifs is 7. The van der Waals surface area contributed by atoms with Crippen molar-refractivity contribution in [3.8, 4) is 5.75 Å². The highest BCUT2D eigenvalue weighted by Gasteiger charge is 2.79. The van der Waals surface area contributed by atoms with Crippen LogP contribution in [0, 0.1) is 35.0 Å². The third-order valence-corrected chi connectivity index (χ3v) is 30.6. The Hall–Kier alpha value is -12.2. The van der Waals surface area contributed by atoms with E-state index >= 15 is 4.79 Å². The molecular formula is C92H123N17O26S2. The monoisotopic (exact) mass is 1950 g/mol. The largest absolute Gasteiger partial charge is 0.496 e. The zero-order chi connectivity index (χ0) is 99.9. The number of aliphatic carboxylic acids is 5. The van der Waals surface area contributed by atoms with Crippen molar-refractivity contribution in [1.82, 2.24) is 56.5 Å². The summed E-state index contributed by atoms with van der Waals surface area (Å²) in [6, 6.07) is 12.4. The number of hydrogen-bond donors (Lipinski definition) is 18. The summed E-state index contributed by atoms with van der Waals surface area (Å²) in [7, 11) is 7.64. The predicted octanol–water partition coefficient (Wildman–Crippen LogP) is 3.05. The molecule has 43 nitrogen and oxygen atoms in total. The molecule has 1 spiro atoms. The number of esters is 1. The number of aliphatic imine (C=N–C) groups is 1. The number of carboxylic acids is 5. The molecule has 5 fully saturated rings. The van der Waals surface area contributed by atoms with Crippen LogP contribution in [0.15, 0.2) is 76.6 Å². The lowest BCUT2D eigenvalue weighted by Crippen LogP contribution is -2.82. The number of methoxy groups -OCH3 is 2. The van der Waals surface area contributed by atoms with E-state index in [0.29, 0.717) is 92.2 Å². The summed E-state index contributed by atoms with van der Waals surface area (Å²) in [4.78, 5) is 218. The number of aliphatic hydroxyl groups is 3. The number of carbonyl (C=O) groups is 14. The highest BCUT2D eigenvalue weighted by atomic mass is 33.1. The fraction of sp³-hybridized carbons (Fsp3) is 0.576. The SMILES string of the molecule is CCC(=O)[C@H](CC(=O)O)NC(=O)[C@H](CC(=O)O)CC(=O)[C@H](CCCN=C(N)N)NC(=O)[C@H](CC(=O)O)CC(=O)CC[C@H](NC(=O)c1ccc(NCc2cnc3nc(N)[nH]c(=O)c3n2)cc1)C(=O)O.CC[C@]1(O)C[C@H]2CN(CCC3c4ccccc4CC3[C@@](C(=O)OC)(c3cc4c(cc3OC)N(C)[C@H]3[C@@](O)(C(=O)NNC(=O)OCCSSC[C@H](C)C(=O)O)[C@H](O)[C@]5(CC)CCCN6CC[C@]43[C@@H]65)C2)C1. The molecular weight excluding hydrogens is 1820 g/mol. The molecule has 7 heterocycles. The Bertz CT molecular complexity index is 5460. The number of aromatic nitrogens is 4. The number of guanidine groups is 1. The smallest absolute Gasteiger partial charge is 0.426 e. The fourth-order valence-electron chi connectivity index (χ4n) is 21.8. The van der Waals surface area contributed by atoms with Crippen molar-refractivity contribution in [2.45, 2.75) is 220 Å². The Morgan fingerprint density at radius 2 is 1.44 bits per heavy atom. The third kappa shape index (κ3) is 23.5. The molecule has 2 aromatic heterocycles. The molecule has 12 rings (SSSR count). The number of likely N-dealkylation sites (N-methyl/N-ethyl adjacent to an activating group) is 1. The van der Waals surface area contributed by atoms with Gasteiger partial charge in [-0.05, 0) is 161 Å². The van der Waals surface area contributed by atoms with E-state index in [0.717, 1.165) is 43.7 Å². The lowest BCUT2D eigenvalue weighted by molar-refractivity contribution is -0.222. The maximum absolute atomic E-state index is 15.5. The average molecular weight is 1950 g/mol. The summed E-state index contributed by atoms with van der Waals surface area (Å²) in [5.74, 6) is -16.9. The number of piperidine rings is 2. The highest BCUT2D eigenvalue weighted by Crippen LogP contribution is 2.69. The topological polar surface area (TPSA) is 672 Å². The summed E-state index contributed by atoms with van der Waals surface area (Å²) in [5, 5.41) is 95.6. The number of rotatable bonds is 43. The van der Waals surface area contributed by atoms with Crippen molar-refractivity contribution in [1.29, 1.82) is 0 Å². The van der Waals surface area contributed by atoms with Crippen LogP contribution in [0.1, 0.15) is 187 Å². The van der Waals surface area contributed by atoms with Gasteiger partial charge in [0.25, 0.3) is 17.4 Å². The second-order valence-electron chi connectivity index (χ2n) is 36.6. The summed E-state index contributed by atoms with van der Waals surface area (Å²) >= 11 is 0. The van der Waals surface area contributed by atoms with Crippen molar-refractivity contribution in [2.75, 3.05) is 94.6 Å². The van der Waals surface area contributed by atoms with E-state index in [2.05, 4.69) is 97.2 Å². The molecule has 21 N–H and O–H groups in total. The van der Waals surface area contributed by atoms with Crippen LogP contribution >= 0.6 is 21.6 Å². The number of nitrogens with two attached hydrogens (primary N) is 3. The summed E-state index contributed by atoms with van der Waals surface area (Å²) in [6.07, 6.45) is -1.53. The van der Waals surface area contributed by atoms with Gasteiger partial charge in [-0.3, -0.25) is 82.6 Å². The van der Waals surface area contributed by atoms with E-state index in [1.165, 1.54) is 77.2 Å². The van der Waals surface area contributed by atoms with Gasteiger partial charge in [0.1, 0.15) is 35.7 Å². The van der Waals surface area contributed by atoms with Gasteiger partial charge in [0, 0.05) is 109 Å². The van der Waals surface area contributed by atoms with Crippen molar-refractivity contribution in [2.24, 2.45) is 51.5 Å². The normalized spacial score (nSPS) is 25.0. The van der Waals surface area contributed by atoms with Gasteiger partial charge < -0.3 is 103 Å². The standard InChI is InChI=1S/C51H71N5O11S2.C41H52N12O15/c1-7-47(63)25-31-26-50(45(61)66-6,35-22-32-12-9-10-13-33(32)34(35)14-18-55(27-31)29-47)37-23-36-38(24-39(37)65-5)54(4)42-49(36)16-19-56-17-11-15-48(8-2,41(49)56)43(59)51(42,64)44(60)52-53-46(62)67-20-21-68-69-28-30(3)40(57)58;1-2-28(55)27(16-32(61)62)51-37(65)21(15-31(59)60)13-29(56)25(4-3-11-45-40(42)43)49-36(64)20(14-30(57)58)12-24(54)9-10-26(39(67)68)50-35(63)19-5-7-22(8-6-19)46-17-23-18-47-34-33(48-23)38(66)53-41(44)52-34/h9-10,12-13,23-24,30-31,34-35,41-43,59,63-64H,7-8,11,14-22,25-29H2,1-6H3,(H,52,60)(H,53,62)(H,57,58);5-8,18,20-21,25-27,46H,2-4,9-17H2,1H3,(H,49,64)(H,50,63)(H,51,65)(H,57,58)(H,59,60)(H,61,62)(H,67,68)(H4,42,43,45)(H3,44,47,52,53,66)/t30-,31+,34?,35?,41-,42+,43+,47-,48+,49+,50+,51-;20-,21-,25-,26-,27-/m00/s1. The van der Waals surface area contributed by atoms with Crippen LogP contribution in [0.4, 0.5) is 22.1 Å². The number of aromatic amines is 1. The number of nitrogens with one attached hydrogen (secondary N) is 7. The molecule has 7 aliphatic rings. The van der Waals surface area contributed by atoms with Gasteiger partial charge >= 0.3 is 41.9 Å². The maximum Gasteiger partial charge on any atom is 0.426 e. The molecule has 3 unspecified atom stereocenters. The first-order valence-corrected chi connectivity index (χ1v) is 48.2. The minimum atomic E-state index is -2.46. The summed E-state index contributed by atoms with van der Waals surface area (Å²) in [5.41, 5.74) is 19.6. The van der Waals surface area contributed by atoms with Crippen LogP contribution in [0.2, 0.25) is 0 Å². The molecule has 4 saturated heterocycles. The third-order valence-electron chi connectivity index (χ3n) is 28.1. The van der Waals surface area contributed by atoms with Crippen LogP contribution in [0.3, 0.4) is 0 Å². The van der Waals surface area contributed by atoms with E-state index in [9.17, 15) is 103 Å². The van der Waals surface area contributed by atoms with Crippen LogP contribution in [-0.2, 0) is 90.8 Å². The van der Waals surface area contributed by atoms with Gasteiger partial charge in [0.05, 0.1) is 93.4 Å². The first-order chi connectivity index (χ1) is 65.0. The number of hydrazine groups is 1. The van der Waals surface area contributed by atoms with Crippen LogP contribution < -0.4 is 64.5 Å². The lowest BCUT2D eigenvalue weighted by atomic mass is 9.46. The van der Waals surface area contributed by atoms with Crippen LogP contribution in [0.5, 0.6) is 5.75 Å². The van der Waals surface area contributed by atoms with E-state index in [1.54, 1.807) is 14.0 Å². The van der Waals surface area contributed by atoms with E-state index < -0.39 is 203 Å². The van der Waals surface area contributed by atoms with Crippen molar-refractivity contribution in [3.05, 3.63) is 111 Å². The number of aliphatic hydroxyl groups excluding tert-OH is 1. The molecule has 0 radical (unpaired) electrons. The second kappa shape index (κ2) is 45.4. The van der Waals surface area contributed by atoms with Crippen LogP contribution in [0.25, 0.3) is 11.2 Å². The molecule has 1 saturated carbocycles. The Labute approximate surface area is 796 Å². The number of ketones is 3. The zero-order valence-corrected chi connectivity index (χ0v) is 79.0. The molecule has 18 atom stereocenters. The Morgan fingerprint density at radius 1 is 0.745 bits per heavy atom. The van der Waals surface area contributed by atoms with Gasteiger partial charge in [-0.15, -0.1) is 0 Å². The Balaban J connectivity index is 0.000000263. The molecule has 744 valence electrons. The molecule has 2 aliphatic carbocycles. The lowest BCUT2D eigenvalue weighted by Gasteiger charge is -2.64. The van der Waals surface area contributed by atoms with E-state index in [1.807, 2.05) is 31.9 Å². The van der Waals surface area contributed by atoms with Gasteiger partial charge in [0.2, 0.25) is 17.8 Å². The number of ether oxygens (including phenoxy) is 3. The molecule has 5 amide bonds. The number of nitrogen functional groups attached to an aromatic ring is 1. The average Bonchev–Trinajstić information content (AvgIpc) is 1.47. The number of Topliss-reactive ketones (excluding diaryl/α,β-unsaturated/α-hetero) is 3. The molecule has 45 heteroatoms. The Morgan fingerprint density at radius 3 is 2.09 bits per heavy atom. The predicted molar refractivity (Wildman–Crippen MR) is 500 cm³/mol.